The summed E-state index contributed by atoms with van der Waals surface area (Å²) in [7, 11) is 2.12. The van der Waals surface area contributed by atoms with Crippen LogP contribution < -0.4 is 4.57 Å². The lowest BCUT2D eigenvalue weighted by molar-refractivity contribution is -0.645. The van der Waals surface area contributed by atoms with Crippen molar-refractivity contribution in [3.8, 4) is 17.1 Å². The Hall–Kier alpha value is -3.47. The lowest BCUT2D eigenvalue weighted by Crippen LogP contribution is -2.31. The summed E-state index contributed by atoms with van der Waals surface area (Å²) >= 11 is 0. The summed E-state index contributed by atoms with van der Waals surface area (Å²) < 4.78 is 7.01. The summed E-state index contributed by atoms with van der Waals surface area (Å²) in [5.74, 6) is 1.19. The Morgan fingerprint density at radius 2 is 1.77 bits per heavy atom. The summed E-state index contributed by atoms with van der Waals surface area (Å²) in [5.41, 5.74) is 7.25. The van der Waals surface area contributed by atoms with Crippen molar-refractivity contribution in [2.75, 3.05) is 0 Å². The molecule has 6 rings (SSSR count). The molecule has 1 aliphatic heterocycles. The largest absolute Gasteiger partial charge is 0.306 e. The summed E-state index contributed by atoms with van der Waals surface area (Å²) in [4.78, 5) is 8.72. The molecular formula is C21H16N5+. The molecule has 4 aromatic heterocycles. The number of aromatic nitrogens is 5. The highest BCUT2D eigenvalue weighted by Gasteiger charge is 2.38. The number of fused-ring (bicyclic) bond motifs is 7. The van der Waals surface area contributed by atoms with Crippen LogP contribution in [-0.4, -0.2) is 19.1 Å². The van der Waals surface area contributed by atoms with Gasteiger partial charge in [-0.15, -0.1) is 0 Å². The molecule has 5 aromatic rings. The fraction of sp³-hybridized carbons (Fsp3) is 0.0952. The second-order valence-electron chi connectivity index (χ2n) is 6.74. The maximum atomic E-state index is 4.39. The molecule has 5 nitrogen and oxygen atoms in total. The van der Waals surface area contributed by atoms with Crippen LogP contribution in [0.5, 0.6) is 0 Å². The first kappa shape index (κ1) is 13.8. The monoisotopic (exact) mass is 338 g/mol. The van der Waals surface area contributed by atoms with Crippen LogP contribution in [0.15, 0.2) is 67.3 Å². The van der Waals surface area contributed by atoms with E-state index < -0.39 is 0 Å². The molecule has 0 amide bonds. The third-order valence-electron chi connectivity index (χ3n) is 5.39. The average Bonchev–Trinajstić information content (AvgIpc) is 3.31. The summed E-state index contributed by atoms with van der Waals surface area (Å²) in [6.45, 7) is 0.866. The van der Waals surface area contributed by atoms with E-state index in [0.717, 1.165) is 17.7 Å². The number of hydrogen-bond acceptors (Lipinski definition) is 2. The van der Waals surface area contributed by atoms with E-state index in [1.165, 1.54) is 33.5 Å². The second-order valence-corrected chi connectivity index (χ2v) is 6.74. The van der Waals surface area contributed by atoms with E-state index in [9.17, 15) is 0 Å². The quantitative estimate of drug-likeness (QED) is 0.432. The highest BCUT2D eigenvalue weighted by atomic mass is 15.3. The minimum Gasteiger partial charge on any atom is -0.306 e. The third kappa shape index (κ3) is 1.57. The van der Waals surface area contributed by atoms with Crippen LogP contribution in [0, 0.1) is 0 Å². The average molecular weight is 338 g/mol. The van der Waals surface area contributed by atoms with Crippen LogP contribution in [0.1, 0.15) is 5.56 Å². The van der Waals surface area contributed by atoms with E-state index in [-0.39, 0.29) is 0 Å². The first-order chi connectivity index (χ1) is 12.8. The highest BCUT2D eigenvalue weighted by molar-refractivity contribution is 6.04. The van der Waals surface area contributed by atoms with Crippen LogP contribution in [-0.2, 0) is 13.6 Å². The topological polar surface area (TPSA) is 39.5 Å². The van der Waals surface area contributed by atoms with Gasteiger partial charge in [-0.2, -0.15) is 4.57 Å². The molecule has 0 radical (unpaired) electrons. The Kier molecular flexibility index (Phi) is 2.54. The summed E-state index contributed by atoms with van der Waals surface area (Å²) in [6.07, 6.45) is 7.68. The fourth-order valence-corrected chi connectivity index (χ4v) is 4.27. The molecule has 0 atom stereocenters. The number of rotatable bonds is 1. The first-order valence-corrected chi connectivity index (χ1v) is 8.70. The second kappa shape index (κ2) is 4.79. The van der Waals surface area contributed by atoms with Gasteiger partial charge in [0, 0.05) is 31.2 Å². The molecule has 0 bridgehead atoms. The minimum atomic E-state index is 0.866. The zero-order valence-corrected chi connectivity index (χ0v) is 14.3. The predicted octanol–water partition coefficient (Wildman–Crippen LogP) is 3.23. The van der Waals surface area contributed by atoms with Crippen molar-refractivity contribution in [3.05, 3.63) is 72.8 Å². The van der Waals surface area contributed by atoms with Crippen molar-refractivity contribution in [2.45, 2.75) is 6.54 Å². The molecule has 0 saturated carbocycles. The molecule has 0 fully saturated rings. The number of hydrogen-bond donors (Lipinski definition) is 0. The van der Waals surface area contributed by atoms with Crippen LogP contribution >= 0.6 is 0 Å². The Morgan fingerprint density at radius 3 is 2.65 bits per heavy atom. The fourth-order valence-electron chi connectivity index (χ4n) is 4.27. The smallest absolute Gasteiger partial charge is 0.298 e. The van der Waals surface area contributed by atoms with Gasteiger partial charge in [-0.3, -0.25) is 9.97 Å². The van der Waals surface area contributed by atoms with Gasteiger partial charge >= 0.3 is 0 Å². The van der Waals surface area contributed by atoms with Crippen molar-refractivity contribution < 1.29 is 4.57 Å². The van der Waals surface area contributed by atoms with Gasteiger partial charge in [0.05, 0.1) is 22.7 Å². The molecule has 0 spiro atoms. The molecule has 26 heavy (non-hydrogen) atoms. The molecular weight excluding hydrogens is 322 g/mol. The molecule has 5 heteroatoms. The molecule has 1 aromatic carbocycles. The molecule has 0 N–H and O–H groups in total. The van der Waals surface area contributed by atoms with E-state index in [4.69, 9.17) is 0 Å². The minimum absolute atomic E-state index is 0.866. The number of imidazole rings is 1. The highest BCUT2D eigenvalue weighted by Crippen LogP contribution is 2.36. The Bertz CT molecular complexity index is 1310. The molecule has 0 aliphatic carbocycles. The third-order valence-corrected chi connectivity index (χ3v) is 5.39. The Morgan fingerprint density at radius 1 is 0.962 bits per heavy atom. The molecule has 0 unspecified atom stereocenters. The van der Waals surface area contributed by atoms with Crippen LogP contribution in [0.4, 0.5) is 0 Å². The molecule has 0 saturated heterocycles. The van der Waals surface area contributed by atoms with Crippen molar-refractivity contribution >= 4 is 22.1 Å². The van der Waals surface area contributed by atoms with Gasteiger partial charge in [-0.25, -0.2) is 4.57 Å². The first-order valence-electron chi connectivity index (χ1n) is 8.70. The van der Waals surface area contributed by atoms with Crippen molar-refractivity contribution in [2.24, 2.45) is 7.05 Å². The summed E-state index contributed by atoms with van der Waals surface area (Å²) in [6, 6.07) is 14.8. The molecule has 1 aliphatic rings. The lowest BCUT2D eigenvalue weighted by Gasteiger charge is -2.03. The SMILES string of the molecule is Cn1c2cnccc2c2c1n(-c1ccccc1)c1[n+]2Cc2ccncc2-1. The number of para-hydroxylation sites is 1. The van der Waals surface area contributed by atoms with E-state index in [0.29, 0.717) is 0 Å². The van der Waals surface area contributed by atoms with E-state index in [2.05, 4.69) is 73.2 Å². The van der Waals surface area contributed by atoms with Crippen molar-refractivity contribution in [3.63, 3.8) is 0 Å². The van der Waals surface area contributed by atoms with Gasteiger partial charge in [-0.05, 0) is 24.3 Å². The maximum absolute atomic E-state index is 4.39. The summed E-state index contributed by atoms with van der Waals surface area (Å²) in [5, 5.41) is 1.23. The zero-order chi connectivity index (χ0) is 17.3. The van der Waals surface area contributed by atoms with E-state index >= 15 is 0 Å². The number of pyridine rings is 2. The maximum Gasteiger partial charge on any atom is 0.298 e. The van der Waals surface area contributed by atoms with Crippen LogP contribution in [0.3, 0.4) is 0 Å². The number of nitrogens with zero attached hydrogens (tertiary/aromatic N) is 5. The lowest BCUT2D eigenvalue weighted by atomic mass is 10.1. The standard InChI is InChI=1S/C21H16N5/c1-24-18-12-23-10-8-16(18)19-21(24)26(15-5-3-2-4-6-15)20-17-11-22-9-7-14(17)13-25(19)20/h2-12H,13H2,1H3/q+1. The number of benzene rings is 1. The van der Waals surface area contributed by atoms with Crippen molar-refractivity contribution in [1.82, 2.24) is 19.1 Å². The Balaban J connectivity index is 1.87. The Labute approximate surface area is 149 Å². The predicted molar refractivity (Wildman–Crippen MR) is 100 cm³/mol. The van der Waals surface area contributed by atoms with Gasteiger partial charge in [0.2, 0.25) is 5.52 Å². The van der Waals surface area contributed by atoms with Gasteiger partial charge < -0.3 is 4.57 Å². The van der Waals surface area contributed by atoms with E-state index in [1.54, 1.807) is 0 Å². The van der Waals surface area contributed by atoms with Crippen LogP contribution in [0.2, 0.25) is 0 Å². The van der Waals surface area contributed by atoms with Gasteiger partial charge in [0.15, 0.2) is 0 Å². The zero-order valence-electron chi connectivity index (χ0n) is 14.3. The number of aryl methyl sites for hydroxylation is 1. The molecule has 124 valence electrons. The normalized spacial score (nSPS) is 12.7. The van der Waals surface area contributed by atoms with Crippen molar-refractivity contribution in [1.29, 1.82) is 0 Å². The van der Waals surface area contributed by atoms with Crippen LogP contribution in [0.25, 0.3) is 39.1 Å². The van der Waals surface area contributed by atoms with E-state index in [1.807, 2.05) is 24.8 Å². The van der Waals surface area contributed by atoms with Gasteiger partial charge in [-0.1, -0.05) is 18.2 Å². The van der Waals surface area contributed by atoms with Gasteiger partial charge in [0.25, 0.3) is 11.5 Å². The van der Waals surface area contributed by atoms with Gasteiger partial charge in [0.1, 0.15) is 12.2 Å². The molecule has 5 heterocycles.